The molecule has 174 valence electrons. The van der Waals surface area contributed by atoms with Crippen molar-refractivity contribution in [3.8, 4) is 0 Å². The molecule has 0 aromatic heterocycles. The highest BCUT2D eigenvalue weighted by molar-refractivity contribution is 5.80. The Morgan fingerprint density at radius 3 is 2.72 bits per heavy atom. The first-order chi connectivity index (χ1) is 15.6. The summed E-state index contributed by atoms with van der Waals surface area (Å²) in [6.45, 7) is 1.15. The molecule has 0 N–H and O–H groups in total. The average molecular weight is 445 g/mol. The molecule has 32 heavy (non-hydrogen) atoms. The van der Waals surface area contributed by atoms with Crippen LogP contribution in [-0.4, -0.2) is 66.4 Å². The summed E-state index contributed by atoms with van der Waals surface area (Å²) in [4.78, 5) is 44.1. The summed E-state index contributed by atoms with van der Waals surface area (Å²) in [5.41, 5.74) is 1.14. The van der Waals surface area contributed by atoms with Crippen molar-refractivity contribution in [2.45, 2.75) is 69.7 Å². The lowest BCUT2D eigenvalue weighted by molar-refractivity contribution is -0.273. The minimum Gasteiger partial charge on any atom is -0.447 e. The number of hydrogen-bond acceptors (Lipinski definition) is 6. The van der Waals surface area contributed by atoms with Gasteiger partial charge in [-0.25, -0.2) is 14.7 Å². The number of ketones is 1. The number of hydroxylamine groups is 2. The maximum atomic E-state index is 12.8. The fourth-order valence-electron chi connectivity index (χ4n) is 4.54. The standard InChI is InChI=1S/C24H32N2O6/c27-17-25(32-23-8-4-5-13-30-23)12-11-21(28)15-22(19-9-10-19)26-20(16-31-24(26)29)14-18-6-2-1-3-7-18/h1-3,6-7,17,19-20,22-23H,4-5,8-16H2. The molecule has 2 saturated heterocycles. The molecule has 1 aromatic rings. The first-order valence-electron chi connectivity index (χ1n) is 11.6. The van der Waals surface area contributed by atoms with Gasteiger partial charge in [0.15, 0.2) is 6.29 Å². The maximum Gasteiger partial charge on any atom is 0.410 e. The summed E-state index contributed by atoms with van der Waals surface area (Å²) in [7, 11) is 0. The number of carbonyl (C=O) groups excluding carboxylic acids is 3. The van der Waals surface area contributed by atoms with E-state index < -0.39 is 6.29 Å². The molecule has 0 spiro atoms. The largest absolute Gasteiger partial charge is 0.447 e. The predicted octanol–water partition coefficient (Wildman–Crippen LogP) is 3.09. The monoisotopic (exact) mass is 444 g/mol. The van der Waals surface area contributed by atoms with E-state index in [0.717, 1.165) is 42.7 Å². The predicted molar refractivity (Wildman–Crippen MR) is 115 cm³/mol. The summed E-state index contributed by atoms with van der Waals surface area (Å²) >= 11 is 0. The number of cyclic esters (lactones) is 1. The smallest absolute Gasteiger partial charge is 0.410 e. The molecular formula is C24H32N2O6. The van der Waals surface area contributed by atoms with Crippen molar-refractivity contribution in [3.05, 3.63) is 35.9 Å². The zero-order valence-electron chi connectivity index (χ0n) is 18.4. The van der Waals surface area contributed by atoms with Crippen molar-refractivity contribution in [2.24, 2.45) is 5.92 Å². The number of nitrogens with zero attached hydrogens (tertiary/aromatic N) is 2. The van der Waals surface area contributed by atoms with Crippen molar-refractivity contribution in [2.75, 3.05) is 19.8 Å². The molecule has 8 heteroatoms. The normalized spacial score (nSPS) is 24.1. The van der Waals surface area contributed by atoms with E-state index in [2.05, 4.69) is 0 Å². The zero-order valence-corrected chi connectivity index (χ0v) is 18.4. The van der Waals surface area contributed by atoms with E-state index >= 15 is 0 Å². The maximum absolute atomic E-state index is 12.8. The van der Waals surface area contributed by atoms with Gasteiger partial charge in [0.1, 0.15) is 12.4 Å². The Hall–Kier alpha value is -2.45. The molecule has 3 unspecified atom stereocenters. The molecule has 3 atom stereocenters. The zero-order chi connectivity index (χ0) is 22.3. The van der Waals surface area contributed by atoms with E-state index in [9.17, 15) is 14.4 Å². The van der Waals surface area contributed by atoms with Crippen molar-refractivity contribution in [1.82, 2.24) is 9.96 Å². The summed E-state index contributed by atoms with van der Waals surface area (Å²) in [6, 6.07) is 9.80. The Bertz CT molecular complexity index is 778. The Labute approximate surface area is 188 Å². The van der Waals surface area contributed by atoms with Gasteiger partial charge in [-0.2, -0.15) is 0 Å². The van der Waals surface area contributed by atoms with Crippen LogP contribution in [0.25, 0.3) is 0 Å². The first-order valence-corrected chi connectivity index (χ1v) is 11.6. The summed E-state index contributed by atoms with van der Waals surface area (Å²) in [5.74, 6) is 0.344. The van der Waals surface area contributed by atoms with Crippen LogP contribution in [0.3, 0.4) is 0 Å². The summed E-state index contributed by atoms with van der Waals surface area (Å²) < 4.78 is 10.9. The van der Waals surface area contributed by atoms with Crippen molar-refractivity contribution >= 4 is 18.3 Å². The van der Waals surface area contributed by atoms with Crippen LogP contribution in [0.4, 0.5) is 4.79 Å². The van der Waals surface area contributed by atoms with Gasteiger partial charge in [-0.05, 0) is 43.6 Å². The fraction of sp³-hybridized carbons (Fsp3) is 0.625. The minimum atomic E-state index is -0.429. The molecular weight excluding hydrogens is 412 g/mol. The molecule has 1 aliphatic carbocycles. The van der Waals surface area contributed by atoms with Gasteiger partial charge >= 0.3 is 6.09 Å². The van der Waals surface area contributed by atoms with E-state index in [1.807, 2.05) is 30.3 Å². The molecule has 2 amide bonds. The van der Waals surface area contributed by atoms with Crippen LogP contribution in [0.1, 0.15) is 50.5 Å². The highest BCUT2D eigenvalue weighted by atomic mass is 16.8. The van der Waals surface area contributed by atoms with Crippen LogP contribution in [0.5, 0.6) is 0 Å². The third-order valence-corrected chi connectivity index (χ3v) is 6.40. The van der Waals surface area contributed by atoms with Crippen LogP contribution < -0.4 is 0 Å². The lowest BCUT2D eigenvalue weighted by Crippen LogP contribution is -2.45. The van der Waals surface area contributed by atoms with Gasteiger partial charge < -0.3 is 9.47 Å². The minimum absolute atomic E-state index is 0.0140. The van der Waals surface area contributed by atoms with Gasteiger partial charge in [0.2, 0.25) is 6.41 Å². The number of ether oxygens (including phenoxy) is 2. The molecule has 3 fully saturated rings. The highest BCUT2D eigenvalue weighted by Gasteiger charge is 2.45. The van der Waals surface area contributed by atoms with Crippen molar-refractivity contribution in [3.63, 3.8) is 0 Å². The van der Waals surface area contributed by atoms with E-state index in [1.165, 1.54) is 0 Å². The second-order valence-corrected chi connectivity index (χ2v) is 8.87. The number of carbonyl (C=O) groups is 3. The third-order valence-electron chi connectivity index (χ3n) is 6.40. The van der Waals surface area contributed by atoms with Gasteiger partial charge in [0, 0.05) is 31.9 Å². The molecule has 8 nitrogen and oxygen atoms in total. The fourth-order valence-corrected chi connectivity index (χ4v) is 4.54. The van der Waals surface area contributed by atoms with Gasteiger partial charge in [0.05, 0.1) is 12.6 Å². The van der Waals surface area contributed by atoms with Gasteiger partial charge in [-0.3, -0.25) is 14.5 Å². The van der Waals surface area contributed by atoms with Crippen LogP contribution >= 0.6 is 0 Å². The van der Waals surface area contributed by atoms with Gasteiger partial charge in [-0.15, -0.1) is 0 Å². The average Bonchev–Trinajstić information content (AvgIpc) is 3.60. The number of amides is 2. The first kappa shape index (κ1) is 22.7. The molecule has 2 aliphatic heterocycles. The lowest BCUT2D eigenvalue weighted by atomic mass is 9.98. The SMILES string of the molecule is O=CN(CCC(=O)CC(C1CC1)N1C(=O)OCC1Cc1ccccc1)OC1CCCCO1. The van der Waals surface area contributed by atoms with E-state index in [-0.39, 0.29) is 43.3 Å². The molecule has 3 aliphatic rings. The topological polar surface area (TPSA) is 85.4 Å². The molecule has 0 bridgehead atoms. The van der Waals surface area contributed by atoms with Crippen LogP contribution in [0.15, 0.2) is 30.3 Å². The van der Waals surface area contributed by atoms with E-state index in [0.29, 0.717) is 32.0 Å². The number of Topliss-reactive ketones (excluding diaryl/α,β-unsaturated/α-hetero) is 1. The second kappa shape index (κ2) is 10.9. The quantitative estimate of drug-likeness (QED) is 0.364. The second-order valence-electron chi connectivity index (χ2n) is 8.87. The number of hydrogen-bond donors (Lipinski definition) is 0. The van der Waals surface area contributed by atoms with Gasteiger partial charge in [-0.1, -0.05) is 30.3 Å². The Balaban J connectivity index is 1.32. The Kier molecular flexibility index (Phi) is 7.76. The third kappa shape index (κ3) is 6.07. The molecule has 0 radical (unpaired) electrons. The molecule has 4 rings (SSSR count). The highest BCUT2D eigenvalue weighted by Crippen LogP contribution is 2.39. The van der Waals surface area contributed by atoms with Crippen LogP contribution in [0.2, 0.25) is 0 Å². The molecule has 1 saturated carbocycles. The van der Waals surface area contributed by atoms with Crippen LogP contribution in [-0.2, 0) is 30.3 Å². The number of rotatable bonds is 12. The summed E-state index contributed by atoms with van der Waals surface area (Å²) in [5, 5.41) is 1.16. The van der Waals surface area contributed by atoms with E-state index in [4.69, 9.17) is 14.3 Å². The summed E-state index contributed by atoms with van der Waals surface area (Å²) in [6.07, 6.45) is 5.76. The Morgan fingerprint density at radius 2 is 2.03 bits per heavy atom. The lowest BCUT2D eigenvalue weighted by Gasteiger charge is -2.31. The van der Waals surface area contributed by atoms with Gasteiger partial charge in [0.25, 0.3) is 0 Å². The molecule has 2 heterocycles. The Morgan fingerprint density at radius 1 is 1.22 bits per heavy atom. The van der Waals surface area contributed by atoms with Crippen LogP contribution in [0, 0.1) is 5.92 Å². The van der Waals surface area contributed by atoms with E-state index in [1.54, 1.807) is 4.90 Å². The van der Waals surface area contributed by atoms with Crippen molar-refractivity contribution in [1.29, 1.82) is 0 Å². The number of benzene rings is 1. The van der Waals surface area contributed by atoms with Crippen molar-refractivity contribution < 1.29 is 28.7 Å². The molecule has 1 aromatic carbocycles.